The zero-order valence-electron chi connectivity index (χ0n) is 48.4. The Hall–Kier alpha value is -7.01. The second-order valence-corrected chi connectivity index (χ2v) is 26.4. The van der Waals surface area contributed by atoms with Gasteiger partial charge in [0.2, 0.25) is 35.4 Å². The lowest BCUT2D eigenvalue weighted by Crippen LogP contribution is -2.57. The molecule has 0 aliphatic carbocycles. The molecule has 0 radical (unpaired) electrons. The first-order valence-corrected chi connectivity index (χ1v) is 31.5. The van der Waals surface area contributed by atoms with Crippen LogP contribution >= 0.6 is 30.5 Å². The van der Waals surface area contributed by atoms with Crippen molar-refractivity contribution < 1.29 is 62.6 Å². The number of fused-ring (bicyclic) bond motifs is 2. The number of ether oxygens (including phenoxy) is 1. The van der Waals surface area contributed by atoms with Crippen LogP contribution in [0.4, 0.5) is 0 Å². The highest BCUT2D eigenvalue weighted by atomic mass is 35.5. The molecule has 8 atom stereocenters. The number of aromatic nitrogens is 2. The predicted octanol–water partition coefficient (Wildman–Crippen LogP) is 6.43. The van der Waals surface area contributed by atoms with Crippen LogP contribution in [0.2, 0.25) is 5.02 Å². The Bertz CT molecular complexity index is 3400. The molecule has 5 heterocycles. The van der Waals surface area contributed by atoms with E-state index in [1.165, 1.54) is 29.2 Å². The molecule has 10 N–H and O–H groups in total. The summed E-state index contributed by atoms with van der Waals surface area (Å²) in [5.41, 5.74) is 9.74. The van der Waals surface area contributed by atoms with E-state index in [0.717, 1.165) is 33.7 Å². The number of thiazole rings is 1. The molecular weight excluding hydrogens is 1150 g/mol. The number of aryl methyl sites for hydroxylation is 3. The summed E-state index contributed by atoms with van der Waals surface area (Å²) >= 11 is 8.53. The third-order valence-corrected chi connectivity index (χ3v) is 18.2. The maximum Gasteiger partial charge on any atom is 0.396 e. The number of benzene rings is 3. The van der Waals surface area contributed by atoms with Gasteiger partial charge in [-0.2, -0.15) is 0 Å². The number of rotatable bonds is 22. The number of aliphatic hydroxyl groups excluding tert-OH is 1. The smallest absolute Gasteiger partial charge is 0.396 e. The van der Waals surface area contributed by atoms with E-state index < -0.39 is 102 Å². The van der Waals surface area contributed by atoms with Gasteiger partial charge < -0.3 is 61.4 Å². The van der Waals surface area contributed by atoms with Crippen LogP contribution in [0.1, 0.15) is 148 Å². The molecule has 2 aromatic heterocycles. The molecule has 3 saturated heterocycles. The molecule has 5 aromatic rings. The standard InChI is InChI=1S/C60H75ClN9O13PS/c1-32-24-37(10-9-13-50(73)68-53(60(4,5)6)58(78)69-29-42(71)28-47(69)56(76)64-33(2)35-14-16-36(17-15-35)52-34(3)63-31-85-52)51(61)48(25-32)83-30-40(19-23-49(62)72)65-55(75)46-22-20-41-11-7-8-12-44(57(77)70(41)46)67-54(74)45-27-39-26-38(18-21-43(39)66-45)59(79)84(80,81)82/h14-18,21,24-27,31,33,40-42,44,46-47,53,66,71H,7-13,19-20,22-23,28-30H2,1-6H3,(H2,62,72)(H,64,76)(H,65,75)(H,67,74)(H,68,73)(H2,80,81,82)/t33-,40-,41-,42+,44-,46-,47-,53+/m0/s1. The van der Waals surface area contributed by atoms with Crippen LogP contribution < -0.4 is 31.7 Å². The summed E-state index contributed by atoms with van der Waals surface area (Å²) in [6.07, 6.45) is 2.99. The lowest BCUT2D eigenvalue weighted by molar-refractivity contribution is -0.144. The second-order valence-electron chi connectivity index (χ2n) is 23.6. The van der Waals surface area contributed by atoms with Gasteiger partial charge in [-0.15, -0.1) is 11.3 Å². The number of nitrogens with two attached hydrogens (primary N) is 1. The molecule has 3 aliphatic heterocycles. The Balaban J connectivity index is 0.863. The normalized spacial score (nSPS) is 20.2. The van der Waals surface area contributed by atoms with E-state index in [1.807, 2.05) is 71.9 Å². The fourth-order valence-electron chi connectivity index (χ4n) is 11.5. The monoisotopic (exact) mass is 1230 g/mol. The van der Waals surface area contributed by atoms with E-state index in [2.05, 4.69) is 31.2 Å². The summed E-state index contributed by atoms with van der Waals surface area (Å²) < 4.78 is 17.9. The van der Waals surface area contributed by atoms with Crippen LogP contribution in [0.5, 0.6) is 5.75 Å². The molecule has 8 rings (SSSR count). The summed E-state index contributed by atoms with van der Waals surface area (Å²) in [6, 6.07) is 11.4. The quantitative estimate of drug-likeness (QED) is 0.0337. The number of halogens is 1. The highest BCUT2D eigenvalue weighted by Gasteiger charge is 2.46. The van der Waals surface area contributed by atoms with E-state index in [1.54, 1.807) is 27.8 Å². The molecule has 85 heavy (non-hydrogen) atoms. The van der Waals surface area contributed by atoms with E-state index in [9.17, 15) is 57.8 Å². The first kappa shape index (κ1) is 64.0. The van der Waals surface area contributed by atoms with Crippen LogP contribution in [0.15, 0.2) is 66.2 Å². The number of carbonyl (C=O) groups is 8. The Morgan fingerprint density at radius 3 is 2.32 bits per heavy atom. The number of nitrogens with zero attached hydrogens (tertiary/aromatic N) is 3. The van der Waals surface area contributed by atoms with Crippen molar-refractivity contribution in [2.45, 2.75) is 167 Å². The minimum Gasteiger partial charge on any atom is -0.490 e. The first-order valence-electron chi connectivity index (χ1n) is 28.6. The molecule has 3 aliphatic rings. The highest BCUT2D eigenvalue weighted by Crippen LogP contribution is 2.40. The summed E-state index contributed by atoms with van der Waals surface area (Å²) in [6.45, 7) is 10.9. The van der Waals surface area contributed by atoms with Crippen LogP contribution in [0.25, 0.3) is 21.3 Å². The Labute approximate surface area is 501 Å². The van der Waals surface area contributed by atoms with Gasteiger partial charge in [0.05, 0.1) is 39.3 Å². The van der Waals surface area contributed by atoms with Crippen molar-refractivity contribution in [2.75, 3.05) is 13.2 Å². The molecule has 0 saturated carbocycles. The molecule has 3 aromatic carbocycles. The maximum atomic E-state index is 14.4. The minimum absolute atomic E-state index is 0.0162. The van der Waals surface area contributed by atoms with E-state index >= 15 is 0 Å². The van der Waals surface area contributed by atoms with Gasteiger partial charge in [0.25, 0.3) is 11.4 Å². The van der Waals surface area contributed by atoms with Gasteiger partial charge >= 0.3 is 7.60 Å². The average molecular weight is 1230 g/mol. The van der Waals surface area contributed by atoms with Crippen molar-refractivity contribution in [1.82, 2.24) is 41.0 Å². The molecule has 3 fully saturated rings. The van der Waals surface area contributed by atoms with Gasteiger partial charge in [-0.25, -0.2) is 4.98 Å². The van der Waals surface area contributed by atoms with Crippen LogP contribution in [0, 0.1) is 19.3 Å². The van der Waals surface area contributed by atoms with Gasteiger partial charge in [0, 0.05) is 48.3 Å². The molecule has 0 unspecified atom stereocenters. The van der Waals surface area contributed by atoms with Crippen molar-refractivity contribution in [3.8, 4) is 16.2 Å². The molecular formula is C60H75ClN9O13PS. The number of amides is 7. The summed E-state index contributed by atoms with van der Waals surface area (Å²) in [7, 11) is -5.05. The summed E-state index contributed by atoms with van der Waals surface area (Å²) in [5.74, 6) is -3.15. The van der Waals surface area contributed by atoms with E-state index in [-0.39, 0.29) is 61.2 Å². The Kier molecular flexibility index (Phi) is 20.4. The largest absolute Gasteiger partial charge is 0.490 e. The number of aliphatic hydroxyl groups is 1. The zero-order valence-corrected chi connectivity index (χ0v) is 50.9. The number of nitrogens with one attached hydrogen (secondary N) is 5. The van der Waals surface area contributed by atoms with Crippen molar-refractivity contribution in [1.29, 1.82) is 0 Å². The Morgan fingerprint density at radius 2 is 1.64 bits per heavy atom. The van der Waals surface area contributed by atoms with E-state index in [0.29, 0.717) is 67.2 Å². The lowest BCUT2D eigenvalue weighted by Gasteiger charge is -2.35. The first-order chi connectivity index (χ1) is 40.2. The molecule has 0 bridgehead atoms. The van der Waals surface area contributed by atoms with Crippen LogP contribution in [-0.2, 0) is 39.8 Å². The van der Waals surface area contributed by atoms with Crippen molar-refractivity contribution >= 4 is 88.3 Å². The fraction of sp³-hybridized carbons (Fsp3) is 0.483. The Morgan fingerprint density at radius 1 is 0.918 bits per heavy atom. The molecule has 22 nitrogen and oxygen atoms in total. The van der Waals surface area contributed by atoms with Crippen molar-refractivity contribution in [3.63, 3.8) is 0 Å². The van der Waals surface area contributed by atoms with Crippen LogP contribution in [-0.4, -0.2) is 137 Å². The third kappa shape index (κ3) is 15.7. The van der Waals surface area contributed by atoms with Gasteiger partial charge in [0.1, 0.15) is 42.2 Å². The third-order valence-electron chi connectivity index (χ3n) is 16.0. The lowest BCUT2D eigenvalue weighted by atomic mass is 9.85. The number of likely N-dealkylation sites (tertiary alicyclic amines) is 1. The highest BCUT2D eigenvalue weighted by molar-refractivity contribution is 7.70. The van der Waals surface area contributed by atoms with Gasteiger partial charge in [-0.1, -0.05) is 75.5 Å². The number of hydrogen-bond donors (Lipinski definition) is 9. The number of H-pyrrole nitrogens is 1. The summed E-state index contributed by atoms with van der Waals surface area (Å²) in [5, 5.41) is 23.2. The minimum atomic E-state index is -5.05. The predicted molar refractivity (Wildman–Crippen MR) is 319 cm³/mol. The zero-order chi connectivity index (χ0) is 61.7. The topological polar surface area (TPSA) is 333 Å². The average Bonchev–Trinajstić information content (AvgIpc) is 4.49. The molecule has 25 heteroatoms. The summed E-state index contributed by atoms with van der Waals surface area (Å²) in [4.78, 5) is 139. The van der Waals surface area contributed by atoms with E-state index in [4.69, 9.17) is 22.1 Å². The number of aromatic amines is 1. The van der Waals surface area contributed by atoms with Gasteiger partial charge in [-0.05, 0) is 124 Å². The van der Waals surface area contributed by atoms with Crippen LogP contribution in [0.3, 0.4) is 0 Å². The van der Waals surface area contributed by atoms with Gasteiger partial charge in [0.15, 0.2) is 0 Å². The van der Waals surface area contributed by atoms with Crippen molar-refractivity contribution in [3.05, 3.63) is 105 Å². The number of hydrogen-bond acceptors (Lipinski definition) is 13. The SMILES string of the molecule is Cc1cc(CCCC(=O)N[C@H](C(=O)N2C[C@H](O)C[C@H]2C(=O)N[C@@H](C)c2ccc(-c3scnc3C)cc2)C(C)(C)C)c(Cl)c(OC[C@H](CCC(N)=O)NC(=O)[C@@H]2CC[C@@H]3CCCC[C@H](NC(=O)c4cc5cc(C(=O)P(=O)(O)O)ccc5[nH]4)C(=O)N32)c1. The van der Waals surface area contributed by atoms with Gasteiger partial charge in [-0.3, -0.25) is 42.9 Å². The number of primary amides is 1. The maximum absolute atomic E-state index is 14.4. The number of β-amino-alcohol motifs (C(OH)–C–C–N with tert-alkyl or cyclic N) is 1. The van der Waals surface area contributed by atoms with Crippen molar-refractivity contribution in [2.24, 2.45) is 11.1 Å². The molecule has 7 amide bonds. The molecule has 456 valence electrons. The number of carbonyl (C=O) groups excluding carboxylic acids is 8. The fourth-order valence-corrected chi connectivity index (χ4v) is 13.0. The second kappa shape index (κ2) is 27.1. The molecule has 0 spiro atoms.